The van der Waals surface area contributed by atoms with E-state index in [1.807, 2.05) is 18.3 Å². The zero-order valence-corrected chi connectivity index (χ0v) is 13.9. The van der Waals surface area contributed by atoms with Crippen molar-refractivity contribution in [1.82, 2.24) is 4.98 Å². The van der Waals surface area contributed by atoms with Gasteiger partial charge in [0, 0.05) is 29.1 Å². The number of carbonyl (C=O) groups is 1. The summed E-state index contributed by atoms with van der Waals surface area (Å²) in [5.74, 6) is 0.670. The van der Waals surface area contributed by atoms with Crippen LogP contribution in [-0.4, -0.2) is 10.8 Å². The van der Waals surface area contributed by atoms with Crippen molar-refractivity contribution in [3.8, 4) is 0 Å². The van der Waals surface area contributed by atoms with Crippen LogP contribution in [0, 0.1) is 11.3 Å². The number of ketones is 1. The molecule has 0 amide bonds. The maximum atomic E-state index is 12.6. The van der Waals surface area contributed by atoms with Crippen molar-refractivity contribution in [2.24, 2.45) is 11.3 Å². The number of rotatable bonds is 5. The molecular formula is C19H27NO. The van der Waals surface area contributed by atoms with E-state index in [1.54, 1.807) is 0 Å². The van der Waals surface area contributed by atoms with Crippen molar-refractivity contribution in [1.29, 1.82) is 0 Å². The molecule has 114 valence electrons. The van der Waals surface area contributed by atoms with E-state index in [0.29, 0.717) is 12.3 Å². The van der Waals surface area contributed by atoms with Gasteiger partial charge < -0.3 is 4.98 Å². The smallest absolute Gasteiger partial charge is 0.165 e. The molecule has 2 nitrogen and oxygen atoms in total. The third-order valence-electron chi connectivity index (χ3n) is 3.98. The van der Waals surface area contributed by atoms with Gasteiger partial charge in [0.05, 0.1) is 0 Å². The largest absolute Gasteiger partial charge is 0.360 e. The monoisotopic (exact) mass is 285 g/mol. The number of nitrogens with one attached hydrogen (secondary N) is 1. The molecular weight excluding hydrogens is 258 g/mol. The Bertz CT molecular complexity index is 631. The Kier molecular flexibility index (Phi) is 4.55. The van der Waals surface area contributed by atoms with Crippen LogP contribution in [0.5, 0.6) is 0 Å². The Morgan fingerprint density at radius 3 is 2.62 bits per heavy atom. The topological polar surface area (TPSA) is 32.9 Å². The first-order valence-electron chi connectivity index (χ1n) is 7.94. The fourth-order valence-electron chi connectivity index (χ4n) is 3.29. The summed E-state index contributed by atoms with van der Waals surface area (Å²) in [7, 11) is 0. The first-order valence-corrected chi connectivity index (χ1v) is 7.94. The SMILES string of the molecule is CCc1cccc2c(C(=O)CC(C)CC(C)(C)C)c[nH]c12. The average Bonchev–Trinajstić information content (AvgIpc) is 2.79. The van der Waals surface area contributed by atoms with Crippen LogP contribution < -0.4 is 0 Å². The average molecular weight is 285 g/mol. The van der Waals surface area contributed by atoms with E-state index < -0.39 is 0 Å². The molecule has 1 atom stereocenters. The molecule has 1 heterocycles. The molecule has 2 rings (SSSR count). The van der Waals surface area contributed by atoms with Crippen molar-refractivity contribution in [2.75, 3.05) is 0 Å². The van der Waals surface area contributed by atoms with Crippen LogP contribution in [0.25, 0.3) is 10.9 Å². The highest BCUT2D eigenvalue weighted by Crippen LogP contribution is 2.29. The summed E-state index contributed by atoms with van der Waals surface area (Å²) in [4.78, 5) is 15.9. The van der Waals surface area contributed by atoms with Crippen LogP contribution in [0.15, 0.2) is 24.4 Å². The lowest BCUT2D eigenvalue weighted by Crippen LogP contribution is -2.14. The summed E-state index contributed by atoms with van der Waals surface area (Å²) >= 11 is 0. The number of aromatic nitrogens is 1. The maximum Gasteiger partial charge on any atom is 0.165 e. The van der Waals surface area contributed by atoms with Crippen molar-refractivity contribution >= 4 is 16.7 Å². The van der Waals surface area contributed by atoms with E-state index in [4.69, 9.17) is 0 Å². The molecule has 0 aliphatic rings. The third-order valence-corrected chi connectivity index (χ3v) is 3.98. The van der Waals surface area contributed by atoms with Gasteiger partial charge in [0.25, 0.3) is 0 Å². The van der Waals surface area contributed by atoms with Crippen molar-refractivity contribution in [3.05, 3.63) is 35.5 Å². The number of aryl methyl sites for hydroxylation is 1. The number of Topliss-reactive ketones (excluding diaryl/α,β-unsaturated/α-hetero) is 1. The summed E-state index contributed by atoms with van der Waals surface area (Å²) in [5, 5.41) is 1.07. The Balaban J connectivity index is 2.21. The molecule has 1 aromatic heterocycles. The van der Waals surface area contributed by atoms with E-state index in [-0.39, 0.29) is 11.2 Å². The normalized spacial score (nSPS) is 13.6. The van der Waals surface area contributed by atoms with Crippen LogP contribution >= 0.6 is 0 Å². The van der Waals surface area contributed by atoms with E-state index in [1.165, 1.54) is 5.56 Å². The summed E-state index contributed by atoms with van der Waals surface area (Å²) in [6.45, 7) is 11.0. The molecule has 0 saturated carbocycles. The minimum absolute atomic E-state index is 0.256. The second kappa shape index (κ2) is 6.05. The highest BCUT2D eigenvalue weighted by molar-refractivity contribution is 6.08. The van der Waals surface area contributed by atoms with Crippen LogP contribution in [0.2, 0.25) is 0 Å². The van der Waals surface area contributed by atoms with Gasteiger partial charge in [-0.25, -0.2) is 0 Å². The minimum Gasteiger partial charge on any atom is -0.360 e. The first-order chi connectivity index (χ1) is 9.81. The van der Waals surface area contributed by atoms with Crippen LogP contribution in [0.4, 0.5) is 0 Å². The van der Waals surface area contributed by atoms with Crippen molar-refractivity contribution in [2.45, 2.75) is 53.9 Å². The zero-order valence-electron chi connectivity index (χ0n) is 13.9. The molecule has 2 heteroatoms. The second-order valence-corrected chi connectivity index (χ2v) is 7.39. The van der Waals surface area contributed by atoms with Gasteiger partial charge in [-0.05, 0) is 29.7 Å². The molecule has 1 N–H and O–H groups in total. The molecule has 0 aliphatic heterocycles. The van der Waals surface area contributed by atoms with E-state index in [0.717, 1.165) is 29.3 Å². The van der Waals surface area contributed by atoms with Gasteiger partial charge in [0.1, 0.15) is 0 Å². The van der Waals surface area contributed by atoms with Gasteiger partial charge in [0.2, 0.25) is 0 Å². The number of carbonyl (C=O) groups excluding carboxylic acids is 1. The number of benzene rings is 1. The zero-order chi connectivity index (χ0) is 15.6. The lowest BCUT2D eigenvalue weighted by atomic mass is 9.83. The Morgan fingerprint density at radius 1 is 1.29 bits per heavy atom. The van der Waals surface area contributed by atoms with Gasteiger partial charge >= 0.3 is 0 Å². The summed E-state index contributed by atoms with van der Waals surface area (Å²) in [5.41, 5.74) is 3.51. The molecule has 21 heavy (non-hydrogen) atoms. The van der Waals surface area contributed by atoms with Gasteiger partial charge in [-0.15, -0.1) is 0 Å². The molecule has 0 radical (unpaired) electrons. The van der Waals surface area contributed by atoms with Crippen LogP contribution in [-0.2, 0) is 6.42 Å². The lowest BCUT2D eigenvalue weighted by molar-refractivity contribution is 0.0956. The van der Waals surface area contributed by atoms with E-state index in [9.17, 15) is 4.79 Å². The molecule has 0 saturated heterocycles. The Labute approximate surface area is 127 Å². The Hall–Kier alpha value is -1.57. The van der Waals surface area contributed by atoms with Gasteiger partial charge in [-0.1, -0.05) is 52.8 Å². The highest BCUT2D eigenvalue weighted by atomic mass is 16.1. The van der Waals surface area contributed by atoms with Crippen molar-refractivity contribution < 1.29 is 4.79 Å². The number of fused-ring (bicyclic) bond motifs is 1. The first kappa shape index (κ1) is 15.8. The predicted octanol–water partition coefficient (Wildman–Crippen LogP) is 5.38. The van der Waals surface area contributed by atoms with Crippen molar-refractivity contribution in [3.63, 3.8) is 0 Å². The van der Waals surface area contributed by atoms with Crippen LogP contribution in [0.3, 0.4) is 0 Å². The van der Waals surface area contributed by atoms with Gasteiger partial charge in [0.15, 0.2) is 5.78 Å². The third kappa shape index (κ3) is 3.75. The van der Waals surface area contributed by atoms with Gasteiger partial charge in [-0.2, -0.15) is 0 Å². The molecule has 1 unspecified atom stereocenters. The predicted molar refractivity (Wildman–Crippen MR) is 89.9 cm³/mol. The fraction of sp³-hybridized carbons (Fsp3) is 0.526. The number of para-hydroxylation sites is 1. The standard InChI is InChI=1S/C19H27NO/c1-6-14-8-7-9-15-16(12-20-18(14)15)17(21)10-13(2)11-19(3,4)5/h7-9,12-13,20H,6,10-11H2,1-5H3. The maximum absolute atomic E-state index is 12.6. The van der Waals surface area contributed by atoms with Gasteiger partial charge in [-0.3, -0.25) is 4.79 Å². The van der Waals surface area contributed by atoms with Crippen LogP contribution in [0.1, 0.15) is 63.4 Å². The highest BCUT2D eigenvalue weighted by Gasteiger charge is 2.20. The number of aromatic amines is 1. The quantitative estimate of drug-likeness (QED) is 0.735. The molecule has 1 aromatic carbocycles. The Morgan fingerprint density at radius 2 is 2.00 bits per heavy atom. The lowest BCUT2D eigenvalue weighted by Gasteiger charge is -2.22. The number of hydrogen-bond donors (Lipinski definition) is 1. The molecule has 0 spiro atoms. The van der Waals surface area contributed by atoms with E-state index >= 15 is 0 Å². The molecule has 0 fully saturated rings. The second-order valence-electron chi connectivity index (χ2n) is 7.39. The number of H-pyrrole nitrogens is 1. The summed E-state index contributed by atoms with van der Waals surface area (Å²) < 4.78 is 0. The minimum atomic E-state index is 0.256. The molecule has 2 aromatic rings. The molecule has 0 aliphatic carbocycles. The number of hydrogen-bond acceptors (Lipinski definition) is 1. The fourth-order valence-corrected chi connectivity index (χ4v) is 3.29. The molecule has 0 bridgehead atoms. The van der Waals surface area contributed by atoms with E-state index in [2.05, 4.69) is 45.7 Å². The summed E-state index contributed by atoms with van der Waals surface area (Å²) in [6, 6.07) is 6.21. The summed E-state index contributed by atoms with van der Waals surface area (Å²) in [6.07, 6.45) is 4.56.